The van der Waals surface area contributed by atoms with Crippen molar-refractivity contribution in [2.24, 2.45) is 0 Å². The molecule has 0 bridgehead atoms. The first-order valence-electron chi connectivity index (χ1n) is 7.84. The zero-order valence-corrected chi connectivity index (χ0v) is 13.9. The number of hydroxylamine groups is 2. The number of aryl methyl sites for hydroxylation is 1. The minimum atomic E-state index is -0.926. The number of hydrogen-bond donors (Lipinski definition) is 0. The molecule has 0 radical (unpaired) electrons. The lowest BCUT2D eigenvalue weighted by atomic mass is 10.1. The van der Waals surface area contributed by atoms with Crippen molar-refractivity contribution in [2.75, 3.05) is 0 Å². The first-order chi connectivity index (χ1) is 12.0. The summed E-state index contributed by atoms with van der Waals surface area (Å²) in [6.07, 6.45) is -0.926. The summed E-state index contributed by atoms with van der Waals surface area (Å²) in [6.45, 7) is 3.69. The van der Waals surface area contributed by atoms with Crippen LogP contribution in [0.5, 0.6) is 0 Å². The van der Waals surface area contributed by atoms with Gasteiger partial charge < -0.3 is 9.57 Å². The fraction of sp³-hybridized carbons (Fsp3) is 0.211. The molecule has 25 heavy (non-hydrogen) atoms. The predicted molar refractivity (Wildman–Crippen MR) is 88.5 cm³/mol. The van der Waals surface area contributed by atoms with Gasteiger partial charge in [-0.25, -0.2) is 4.79 Å². The topological polar surface area (TPSA) is 72.9 Å². The minimum Gasteiger partial charge on any atom is -0.362 e. The van der Waals surface area contributed by atoms with Crippen molar-refractivity contribution in [3.05, 3.63) is 70.8 Å². The van der Waals surface area contributed by atoms with Gasteiger partial charge in [0.15, 0.2) is 6.10 Å². The Morgan fingerprint density at radius 3 is 2.28 bits per heavy atom. The number of nitrogens with zero attached hydrogens (tertiary/aromatic N) is 1. The molecule has 0 aromatic heterocycles. The monoisotopic (exact) mass is 339 g/mol. The van der Waals surface area contributed by atoms with E-state index in [9.17, 15) is 14.4 Å². The number of benzene rings is 2. The fourth-order valence-corrected chi connectivity index (χ4v) is 2.51. The summed E-state index contributed by atoms with van der Waals surface area (Å²) in [5.74, 6) is -2.11. The van der Waals surface area contributed by atoms with E-state index in [-0.39, 0.29) is 17.7 Å². The quantitative estimate of drug-likeness (QED) is 0.783. The van der Waals surface area contributed by atoms with E-state index in [1.807, 2.05) is 31.2 Å². The van der Waals surface area contributed by atoms with Crippen LogP contribution in [-0.2, 0) is 21.0 Å². The average molecular weight is 339 g/mol. The highest BCUT2D eigenvalue weighted by Gasteiger charge is 2.39. The van der Waals surface area contributed by atoms with Gasteiger partial charge in [0.25, 0.3) is 11.8 Å². The Bertz CT molecular complexity index is 810. The van der Waals surface area contributed by atoms with E-state index < -0.39 is 23.9 Å². The molecule has 6 nitrogen and oxygen atoms in total. The van der Waals surface area contributed by atoms with Gasteiger partial charge in [-0.2, -0.15) is 0 Å². The van der Waals surface area contributed by atoms with Gasteiger partial charge in [0.05, 0.1) is 17.7 Å². The van der Waals surface area contributed by atoms with E-state index in [0.29, 0.717) is 5.06 Å². The molecule has 0 saturated heterocycles. The zero-order valence-electron chi connectivity index (χ0n) is 13.9. The number of carbonyl (C=O) groups is 3. The molecule has 2 aromatic rings. The third-order valence-electron chi connectivity index (χ3n) is 3.85. The fourth-order valence-electron chi connectivity index (χ4n) is 2.51. The van der Waals surface area contributed by atoms with Crippen LogP contribution in [0.15, 0.2) is 48.5 Å². The van der Waals surface area contributed by atoms with Crippen molar-refractivity contribution >= 4 is 17.8 Å². The second kappa shape index (κ2) is 6.86. The Morgan fingerprint density at radius 1 is 1.04 bits per heavy atom. The zero-order chi connectivity index (χ0) is 18.0. The number of hydrogen-bond acceptors (Lipinski definition) is 5. The highest BCUT2D eigenvalue weighted by molar-refractivity contribution is 6.20. The van der Waals surface area contributed by atoms with E-state index in [0.717, 1.165) is 11.1 Å². The SMILES string of the molecule is Cc1cccc(COC(C)C(=O)ON2C(=O)c3ccccc3C2=O)c1. The first-order valence-corrected chi connectivity index (χ1v) is 7.84. The maximum absolute atomic E-state index is 12.2. The van der Waals surface area contributed by atoms with Gasteiger partial charge in [-0.05, 0) is 31.5 Å². The lowest BCUT2D eigenvalue weighted by Crippen LogP contribution is -2.36. The van der Waals surface area contributed by atoms with Gasteiger partial charge in [-0.3, -0.25) is 9.59 Å². The van der Waals surface area contributed by atoms with Gasteiger partial charge in [0.1, 0.15) is 0 Å². The van der Waals surface area contributed by atoms with E-state index in [2.05, 4.69) is 0 Å². The van der Waals surface area contributed by atoms with Gasteiger partial charge in [0, 0.05) is 0 Å². The molecular formula is C19H17NO5. The Kier molecular flexibility index (Phi) is 4.63. The normalized spacial score (nSPS) is 14.4. The molecule has 1 aliphatic heterocycles. The van der Waals surface area contributed by atoms with Gasteiger partial charge in [-0.1, -0.05) is 47.0 Å². The number of fused-ring (bicyclic) bond motifs is 1. The molecule has 128 valence electrons. The van der Waals surface area contributed by atoms with Crippen molar-refractivity contribution < 1.29 is 24.0 Å². The smallest absolute Gasteiger partial charge is 0.361 e. The third kappa shape index (κ3) is 3.44. The Hall–Kier alpha value is -2.99. The number of imide groups is 1. The second-order valence-corrected chi connectivity index (χ2v) is 5.80. The molecule has 1 heterocycles. The van der Waals surface area contributed by atoms with Crippen molar-refractivity contribution in [3.63, 3.8) is 0 Å². The van der Waals surface area contributed by atoms with Crippen LogP contribution >= 0.6 is 0 Å². The average Bonchev–Trinajstić information content (AvgIpc) is 2.85. The summed E-state index contributed by atoms with van der Waals surface area (Å²) in [5, 5.41) is 0.486. The molecule has 2 aromatic carbocycles. The van der Waals surface area contributed by atoms with Crippen molar-refractivity contribution in [3.8, 4) is 0 Å². The molecule has 0 N–H and O–H groups in total. The van der Waals surface area contributed by atoms with Crippen LogP contribution in [-0.4, -0.2) is 29.0 Å². The third-order valence-corrected chi connectivity index (χ3v) is 3.85. The Balaban J connectivity index is 1.61. The maximum atomic E-state index is 12.2. The standard InChI is InChI=1S/C19H17NO5/c1-12-6-5-7-14(10-12)11-24-13(2)19(23)25-20-17(21)15-8-3-4-9-16(15)18(20)22/h3-10,13H,11H2,1-2H3. The van der Waals surface area contributed by atoms with Crippen molar-refractivity contribution in [2.45, 2.75) is 26.6 Å². The summed E-state index contributed by atoms with van der Waals surface area (Å²) in [4.78, 5) is 41.4. The van der Waals surface area contributed by atoms with Crippen LogP contribution in [0, 0.1) is 6.92 Å². The highest BCUT2D eigenvalue weighted by atomic mass is 16.7. The van der Waals surface area contributed by atoms with Crippen LogP contribution in [0.25, 0.3) is 0 Å². The van der Waals surface area contributed by atoms with Crippen LogP contribution < -0.4 is 0 Å². The molecule has 0 spiro atoms. The summed E-state index contributed by atoms with van der Waals surface area (Å²) in [5.41, 5.74) is 2.44. The van der Waals surface area contributed by atoms with Crippen LogP contribution in [0.4, 0.5) is 0 Å². The number of carbonyl (C=O) groups excluding carboxylic acids is 3. The summed E-state index contributed by atoms with van der Waals surface area (Å²) in [7, 11) is 0. The van der Waals surface area contributed by atoms with Gasteiger partial charge in [0.2, 0.25) is 0 Å². The van der Waals surface area contributed by atoms with Gasteiger partial charge >= 0.3 is 5.97 Å². The predicted octanol–water partition coefficient (Wildman–Crippen LogP) is 2.65. The largest absolute Gasteiger partial charge is 0.362 e. The molecule has 1 unspecified atom stereocenters. The van der Waals surface area contributed by atoms with E-state index in [4.69, 9.17) is 9.57 Å². The second-order valence-electron chi connectivity index (χ2n) is 5.80. The Morgan fingerprint density at radius 2 is 1.68 bits per heavy atom. The van der Waals surface area contributed by atoms with E-state index in [1.165, 1.54) is 19.1 Å². The molecule has 6 heteroatoms. The minimum absolute atomic E-state index is 0.216. The number of amides is 2. The number of ether oxygens (including phenoxy) is 1. The van der Waals surface area contributed by atoms with E-state index >= 15 is 0 Å². The number of rotatable bonds is 5. The van der Waals surface area contributed by atoms with E-state index in [1.54, 1.807) is 12.1 Å². The lowest BCUT2D eigenvalue weighted by molar-refractivity contribution is -0.181. The molecule has 1 atom stereocenters. The summed E-state index contributed by atoms with van der Waals surface area (Å²) in [6, 6.07) is 14.0. The summed E-state index contributed by atoms with van der Waals surface area (Å²) < 4.78 is 5.48. The lowest BCUT2D eigenvalue weighted by Gasteiger charge is -2.16. The molecule has 3 rings (SSSR count). The highest BCUT2D eigenvalue weighted by Crippen LogP contribution is 2.23. The van der Waals surface area contributed by atoms with Crippen LogP contribution in [0.2, 0.25) is 0 Å². The van der Waals surface area contributed by atoms with Crippen LogP contribution in [0.1, 0.15) is 38.8 Å². The molecule has 2 amide bonds. The molecular weight excluding hydrogens is 322 g/mol. The van der Waals surface area contributed by atoms with Crippen molar-refractivity contribution in [1.82, 2.24) is 5.06 Å². The molecule has 1 aliphatic rings. The molecule has 0 aliphatic carbocycles. The van der Waals surface area contributed by atoms with Crippen LogP contribution in [0.3, 0.4) is 0 Å². The molecule has 0 fully saturated rings. The van der Waals surface area contributed by atoms with Crippen molar-refractivity contribution in [1.29, 1.82) is 0 Å². The molecule has 0 saturated carbocycles. The maximum Gasteiger partial charge on any atom is 0.361 e. The Labute approximate surface area is 144 Å². The van der Waals surface area contributed by atoms with Gasteiger partial charge in [-0.15, -0.1) is 0 Å². The first kappa shape index (κ1) is 16.9. The summed E-state index contributed by atoms with van der Waals surface area (Å²) >= 11 is 0.